The first-order chi connectivity index (χ1) is 12.7. The molecule has 1 unspecified atom stereocenters. The molecule has 2 amide bonds. The Morgan fingerprint density at radius 1 is 1.48 bits per heavy atom. The van der Waals surface area contributed by atoms with E-state index in [1.54, 1.807) is 0 Å². The van der Waals surface area contributed by atoms with Gasteiger partial charge in [0.2, 0.25) is 15.9 Å². The quantitative estimate of drug-likeness (QED) is 0.729. The lowest BCUT2D eigenvalue weighted by Crippen LogP contribution is -2.47. The molecule has 3 rings (SSSR count). The smallest absolute Gasteiger partial charge is 0.262 e. The fourth-order valence-corrected chi connectivity index (χ4v) is 6.37. The summed E-state index contributed by atoms with van der Waals surface area (Å²) < 4.78 is 32.8. The second kappa shape index (κ2) is 7.86. The van der Waals surface area contributed by atoms with Crippen LogP contribution < -0.4 is 15.4 Å². The summed E-state index contributed by atoms with van der Waals surface area (Å²) in [7, 11) is -4.02. The SMILES string of the molecule is CC(C)CNC(=O)C1CSCN1S(=O)(=O)c1cc2c(cc1Cl)NC(=O)CO2. The van der Waals surface area contributed by atoms with E-state index in [9.17, 15) is 18.0 Å². The molecule has 148 valence electrons. The van der Waals surface area contributed by atoms with Gasteiger partial charge in [-0.25, -0.2) is 8.42 Å². The van der Waals surface area contributed by atoms with Crippen LogP contribution in [0.25, 0.3) is 0 Å². The van der Waals surface area contributed by atoms with E-state index < -0.39 is 16.1 Å². The second-order valence-corrected chi connectivity index (χ2v) is 9.93. The third kappa shape index (κ3) is 4.18. The summed E-state index contributed by atoms with van der Waals surface area (Å²) in [5.41, 5.74) is 0.317. The molecule has 11 heteroatoms. The van der Waals surface area contributed by atoms with E-state index >= 15 is 0 Å². The van der Waals surface area contributed by atoms with E-state index in [0.29, 0.717) is 18.0 Å². The molecular formula is C16H20ClN3O5S2. The van der Waals surface area contributed by atoms with Crippen LogP contribution in [0.15, 0.2) is 17.0 Å². The van der Waals surface area contributed by atoms with Crippen LogP contribution in [0.1, 0.15) is 13.8 Å². The molecule has 1 aromatic carbocycles. The Kier molecular flexibility index (Phi) is 5.90. The number of ether oxygens (including phenoxy) is 1. The van der Waals surface area contributed by atoms with Gasteiger partial charge in [-0.15, -0.1) is 11.8 Å². The third-order valence-corrected chi connectivity index (χ3v) is 7.58. The lowest BCUT2D eigenvalue weighted by molar-refractivity contribution is -0.124. The number of halogens is 1. The normalized spacial score (nSPS) is 20.1. The van der Waals surface area contributed by atoms with Crippen molar-refractivity contribution >= 4 is 50.9 Å². The number of nitrogens with zero attached hydrogens (tertiary/aromatic N) is 1. The molecule has 0 bridgehead atoms. The Bertz CT molecular complexity index is 875. The van der Waals surface area contributed by atoms with E-state index in [1.807, 2.05) is 13.8 Å². The number of nitrogens with one attached hydrogen (secondary N) is 2. The molecule has 0 saturated carbocycles. The highest BCUT2D eigenvalue weighted by atomic mass is 35.5. The molecule has 2 aliphatic heterocycles. The minimum Gasteiger partial charge on any atom is -0.482 e. The van der Waals surface area contributed by atoms with Crippen molar-refractivity contribution in [2.45, 2.75) is 24.8 Å². The molecule has 0 aromatic heterocycles. The van der Waals surface area contributed by atoms with E-state index in [-0.39, 0.29) is 45.9 Å². The van der Waals surface area contributed by atoms with E-state index in [1.165, 1.54) is 23.9 Å². The van der Waals surface area contributed by atoms with Crippen LogP contribution in [-0.2, 0) is 19.6 Å². The van der Waals surface area contributed by atoms with Crippen LogP contribution in [0.3, 0.4) is 0 Å². The van der Waals surface area contributed by atoms with Crippen molar-refractivity contribution in [1.82, 2.24) is 9.62 Å². The number of sulfonamides is 1. The maximum atomic E-state index is 13.2. The largest absolute Gasteiger partial charge is 0.482 e. The Balaban J connectivity index is 1.89. The van der Waals surface area contributed by atoms with Gasteiger partial charge in [0.1, 0.15) is 16.7 Å². The topological polar surface area (TPSA) is 105 Å². The van der Waals surface area contributed by atoms with Crippen molar-refractivity contribution in [3.63, 3.8) is 0 Å². The summed E-state index contributed by atoms with van der Waals surface area (Å²) in [4.78, 5) is 23.7. The van der Waals surface area contributed by atoms with Crippen molar-refractivity contribution in [2.24, 2.45) is 5.92 Å². The first-order valence-corrected chi connectivity index (χ1v) is 11.3. The van der Waals surface area contributed by atoms with E-state index in [4.69, 9.17) is 16.3 Å². The Hall–Kier alpha value is -1.49. The van der Waals surface area contributed by atoms with Crippen LogP contribution in [0.5, 0.6) is 5.75 Å². The number of fused-ring (bicyclic) bond motifs is 1. The summed E-state index contributed by atoms with van der Waals surface area (Å²) in [5.74, 6) is 0.355. The molecule has 0 radical (unpaired) electrons. The van der Waals surface area contributed by atoms with Gasteiger partial charge in [-0.3, -0.25) is 9.59 Å². The van der Waals surface area contributed by atoms with Crippen LogP contribution in [0, 0.1) is 5.92 Å². The highest BCUT2D eigenvalue weighted by molar-refractivity contribution is 8.00. The maximum Gasteiger partial charge on any atom is 0.262 e. The fraction of sp³-hybridized carbons (Fsp3) is 0.500. The Morgan fingerprint density at radius 3 is 2.93 bits per heavy atom. The molecule has 1 saturated heterocycles. The van der Waals surface area contributed by atoms with Crippen LogP contribution in [0.2, 0.25) is 5.02 Å². The molecular weight excluding hydrogens is 414 g/mol. The zero-order valence-electron chi connectivity index (χ0n) is 14.8. The van der Waals surface area contributed by atoms with Crippen molar-refractivity contribution in [3.05, 3.63) is 17.2 Å². The molecule has 1 aromatic rings. The molecule has 8 nitrogen and oxygen atoms in total. The maximum absolute atomic E-state index is 13.2. The van der Waals surface area contributed by atoms with Gasteiger partial charge in [0.05, 0.1) is 16.6 Å². The molecule has 0 spiro atoms. The second-order valence-electron chi connectivity index (χ2n) is 6.66. The number of thioether (sulfide) groups is 1. The van der Waals surface area contributed by atoms with E-state index in [0.717, 1.165) is 4.31 Å². The number of hydrogen-bond acceptors (Lipinski definition) is 6. The minimum atomic E-state index is -4.02. The number of anilines is 1. The summed E-state index contributed by atoms with van der Waals surface area (Å²) in [5, 5.41) is 5.32. The summed E-state index contributed by atoms with van der Waals surface area (Å²) in [6.07, 6.45) is 0. The molecule has 27 heavy (non-hydrogen) atoms. The summed E-state index contributed by atoms with van der Waals surface area (Å²) in [6.45, 7) is 4.20. The van der Waals surface area contributed by atoms with Gasteiger partial charge in [-0.2, -0.15) is 4.31 Å². The van der Waals surface area contributed by atoms with Gasteiger partial charge < -0.3 is 15.4 Å². The molecule has 2 heterocycles. The Morgan fingerprint density at radius 2 is 2.22 bits per heavy atom. The van der Waals surface area contributed by atoms with Crippen molar-refractivity contribution < 1.29 is 22.7 Å². The predicted molar refractivity (Wildman–Crippen MR) is 104 cm³/mol. The molecule has 0 aliphatic carbocycles. The highest BCUT2D eigenvalue weighted by Crippen LogP contribution is 2.38. The zero-order chi connectivity index (χ0) is 19.8. The molecule has 1 fully saturated rings. The predicted octanol–water partition coefficient (Wildman–Crippen LogP) is 1.51. The number of benzene rings is 1. The van der Waals surface area contributed by atoms with Gasteiger partial charge in [0, 0.05) is 18.4 Å². The Labute approximate surface area is 167 Å². The van der Waals surface area contributed by atoms with Gasteiger partial charge >= 0.3 is 0 Å². The van der Waals surface area contributed by atoms with Gasteiger partial charge in [-0.05, 0) is 12.0 Å². The van der Waals surface area contributed by atoms with Crippen LogP contribution in [-0.4, -0.2) is 55.4 Å². The number of rotatable bonds is 5. The van der Waals surface area contributed by atoms with E-state index in [2.05, 4.69) is 10.6 Å². The average molecular weight is 434 g/mol. The number of hydrogen-bond donors (Lipinski definition) is 2. The van der Waals surface area contributed by atoms with Crippen molar-refractivity contribution in [1.29, 1.82) is 0 Å². The number of carbonyl (C=O) groups excluding carboxylic acids is 2. The fourth-order valence-electron chi connectivity index (χ4n) is 2.70. The van der Waals surface area contributed by atoms with Gasteiger partial charge in [0.15, 0.2) is 6.61 Å². The standard InChI is InChI=1S/C16H20ClN3O5S2/c1-9(2)5-18-16(22)12-7-26-8-20(12)27(23,24)14-4-13-11(3-10(14)17)19-15(21)6-25-13/h3-4,9,12H,5-8H2,1-2H3,(H,18,22)(H,19,21). The van der Waals surface area contributed by atoms with Crippen molar-refractivity contribution in [3.8, 4) is 5.75 Å². The van der Waals surface area contributed by atoms with Crippen LogP contribution in [0.4, 0.5) is 5.69 Å². The average Bonchev–Trinajstić information content (AvgIpc) is 3.09. The van der Waals surface area contributed by atoms with Gasteiger partial charge in [-0.1, -0.05) is 25.4 Å². The monoisotopic (exact) mass is 433 g/mol. The molecule has 2 N–H and O–H groups in total. The minimum absolute atomic E-state index is 0.0437. The lowest BCUT2D eigenvalue weighted by atomic mass is 10.2. The zero-order valence-corrected chi connectivity index (χ0v) is 17.2. The first kappa shape index (κ1) is 20.2. The third-order valence-electron chi connectivity index (χ3n) is 4.08. The van der Waals surface area contributed by atoms with Crippen molar-refractivity contribution in [2.75, 3.05) is 30.1 Å². The first-order valence-electron chi connectivity index (χ1n) is 8.33. The van der Waals surface area contributed by atoms with Gasteiger partial charge in [0.25, 0.3) is 5.91 Å². The molecule has 2 aliphatic rings. The highest BCUT2D eigenvalue weighted by Gasteiger charge is 2.41. The number of amides is 2. The summed E-state index contributed by atoms with van der Waals surface area (Å²) in [6, 6.07) is 1.84. The number of carbonyl (C=O) groups is 2. The molecule has 1 atom stereocenters. The summed E-state index contributed by atoms with van der Waals surface area (Å²) >= 11 is 7.55. The van der Waals surface area contributed by atoms with Crippen LogP contribution >= 0.6 is 23.4 Å². The lowest BCUT2D eigenvalue weighted by Gasteiger charge is -2.25.